The highest BCUT2D eigenvalue weighted by molar-refractivity contribution is 7.89. The molecule has 1 saturated heterocycles. The Bertz CT molecular complexity index is 1300. The fraction of sp³-hybridized carbons (Fsp3) is 0.227. The fourth-order valence-corrected chi connectivity index (χ4v) is 4.61. The standard InChI is InChI=1S/C22H22N4O5S/c1-23-32(30,31)19-8-9-20(21(15-19)26(28)29)24-10-12-25(13-11-24)22(27)18-7-6-16-4-2-3-5-17(16)14-18/h2-9,14-15,23H,10-13H2,1H3. The van der Waals surface area contributed by atoms with Crippen LogP contribution < -0.4 is 9.62 Å². The van der Waals surface area contributed by atoms with Gasteiger partial charge in [-0.2, -0.15) is 0 Å². The van der Waals surface area contributed by atoms with Gasteiger partial charge in [0, 0.05) is 37.8 Å². The predicted molar refractivity (Wildman–Crippen MR) is 121 cm³/mol. The molecule has 0 radical (unpaired) electrons. The number of hydrogen-bond acceptors (Lipinski definition) is 6. The van der Waals surface area contributed by atoms with Crippen LogP contribution in [0.2, 0.25) is 0 Å². The summed E-state index contributed by atoms with van der Waals surface area (Å²) in [7, 11) is -2.54. The van der Waals surface area contributed by atoms with Crippen LogP contribution in [-0.4, -0.2) is 57.4 Å². The van der Waals surface area contributed by atoms with Crippen molar-refractivity contribution >= 4 is 38.1 Å². The molecule has 1 aliphatic rings. The summed E-state index contributed by atoms with van der Waals surface area (Å²) in [6, 6.07) is 17.3. The molecule has 1 aliphatic heterocycles. The van der Waals surface area contributed by atoms with E-state index in [0.29, 0.717) is 37.4 Å². The zero-order valence-corrected chi connectivity index (χ0v) is 18.2. The van der Waals surface area contributed by atoms with Gasteiger partial charge in [-0.3, -0.25) is 14.9 Å². The van der Waals surface area contributed by atoms with Gasteiger partial charge in [-0.15, -0.1) is 0 Å². The molecule has 3 aromatic rings. The van der Waals surface area contributed by atoms with Crippen LogP contribution in [0.4, 0.5) is 11.4 Å². The predicted octanol–water partition coefficient (Wildman–Crippen LogP) is 2.62. The number of carbonyl (C=O) groups excluding carboxylic acids is 1. The summed E-state index contributed by atoms with van der Waals surface area (Å²) in [5, 5.41) is 13.6. The molecule has 10 heteroatoms. The minimum Gasteiger partial charge on any atom is -0.362 e. The Morgan fingerprint density at radius 2 is 1.66 bits per heavy atom. The van der Waals surface area contributed by atoms with Crippen LogP contribution in [-0.2, 0) is 10.0 Å². The lowest BCUT2D eigenvalue weighted by Gasteiger charge is -2.36. The molecule has 3 aromatic carbocycles. The number of piperazine rings is 1. The molecule has 1 N–H and O–H groups in total. The first-order valence-electron chi connectivity index (χ1n) is 10.1. The SMILES string of the molecule is CNS(=O)(=O)c1ccc(N2CCN(C(=O)c3ccc4ccccc4c3)CC2)c([N+](=O)[O-])c1. The second-order valence-electron chi connectivity index (χ2n) is 7.46. The molecular formula is C22H22N4O5S. The van der Waals surface area contributed by atoms with Crippen molar-refractivity contribution in [2.75, 3.05) is 38.1 Å². The van der Waals surface area contributed by atoms with Crippen LogP contribution in [0.3, 0.4) is 0 Å². The Kier molecular flexibility index (Phi) is 5.81. The molecule has 1 heterocycles. The number of nitrogens with zero attached hydrogens (tertiary/aromatic N) is 3. The molecule has 0 aromatic heterocycles. The highest BCUT2D eigenvalue weighted by atomic mass is 32.2. The summed E-state index contributed by atoms with van der Waals surface area (Å²) in [6.45, 7) is 1.61. The van der Waals surface area contributed by atoms with Gasteiger partial charge in [0.05, 0.1) is 9.82 Å². The number of sulfonamides is 1. The van der Waals surface area contributed by atoms with E-state index < -0.39 is 14.9 Å². The third-order valence-electron chi connectivity index (χ3n) is 5.63. The minimum absolute atomic E-state index is 0.0830. The second kappa shape index (κ2) is 8.56. The van der Waals surface area contributed by atoms with Gasteiger partial charge in [-0.1, -0.05) is 30.3 Å². The van der Waals surface area contributed by atoms with E-state index in [2.05, 4.69) is 4.72 Å². The fourth-order valence-electron chi connectivity index (χ4n) is 3.86. The zero-order chi connectivity index (χ0) is 22.9. The molecule has 4 rings (SSSR count). The van der Waals surface area contributed by atoms with Gasteiger partial charge in [0.1, 0.15) is 5.69 Å². The number of carbonyl (C=O) groups is 1. The largest absolute Gasteiger partial charge is 0.362 e. The molecular weight excluding hydrogens is 432 g/mol. The molecule has 1 amide bonds. The monoisotopic (exact) mass is 454 g/mol. The lowest BCUT2D eigenvalue weighted by Crippen LogP contribution is -2.49. The van der Waals surface area contributed by atoms with Crippen molar-refractivity contribution in [1.82, 2.24) is 9.62 Å². The van der Waals surface area contributed by atoms with E-state index >= 15 is 0 Å². The molecule has 0 saturated carbocycles. The average Bonchev–Trinajstić information content (AvgIpc) is 2.83. The Morgan fingerprint density at radius 3 is 2.31 bits per heavy atom. The normalized spacial score (nSPS) is 14.5. The van der Waals surface area contributed by atoms with Crippen molar-refractivity contribution in [3.05, 3.63) is 76.3 Å². The topological polar surface area (TPSA) is 113 Å². The number of hydrogen-bond donors (Lipinski definition) is 1. The maximum Gasteiger partial charge on any atom is 0.293 e. The summed E-state index contributed by atoms with van der Waals surface area (Å²) < 4.78 is 26.2. The number of anilines is 1. The van der Waals surface area contributed by atoms with E-state index in [-0.39, 0.29) is 16.5 Å². The molecule has 166 valence electrons. The van der Waals surface area contributed by atoms with Crippen LogP contribution in [0.1, 0.15) is 10.4 Å². The third-order valence-corrected chi connectivity index (χ3v) is 7.04. The first-order chi connectivity index (χ1) is 15.3. The lowest BCUT2D eigenvalue weighted by atomic mass is 10.1. The number of nitrogens with one attached hydrogen (secondary N) is 1. The highest BCUT2D eigenvalue weighted by Crippen LogP contribution is 2.31. The quantitative estimate of drug-likeness (QED) is 0.468. The molecule has 9 nitrogen and oxygen atoms in total. The number of nitro benzene ring substituents is 1. The molecule has 0 unspecified atom stereocenters. The number of nitro groups is 1. The molecule has 0 atom stereocenters. The van der Waals surface area contributed by atoms with E-state index in [1.807, 2.05) is 42.5 Å². The van der Waals surface area contributed by atoms with Gasteiger partial charge >= 0.3 is 0 Å². The van der Waals surface area contributed by atoms with E-state index in [9.17, 15) is 23.3 Å². The molecule has 32 heavy (non-hydrogen) atoms. The molecule has 0 spiro atoms. The van der Waals surface area contributed by atoms with Gasteiger partial charge in [-0.05, 0) is 42.1 Å². The van der Waals surface area contributed by atoms with Crippen molar-refractivity contribution in [3.8, 4) is 0 Å². The molecule has 0 aliphatic carbocycles. The van der Waals surface area contributed by atoms with Crippen LogP contribution in [0.15, 0.2) is 65.6 Å². The summed E-state index contributed by atoms with van der Waals surface area (Å²) in [4.78, 5) is 27.4. The Balaban J connectivity index is 1.51. The van der Waals surface area contributed by atoms with Gasteiger partial charge in [0.2, 0.25) is 10.0 Å². The summed E-state index contributed by atoms with van der Waals surface area (Å²) in [5.41, 5.74) is 0.656. The summed E-state index contributed by atoms with van der Waals surface area (Å²) >= 11 is 0. The number of rotatable bonds is 5. The Hall–Kier alpha value is -3.50. The Morgan fingerprint density at radius 1 is 0.969 bits per heavy atom. The number of benzene rings is 3. The second-order valence-corrected chi connectivity index (χ2v) is 9.34. The van der Waals surface area contributed by atoms with Crippen molar-refractivity contribution < 1.29 is 18.1 Å². The summed E-state index contributed by atoms with van der Waals surface area (Å²) in [6.07, 6.45) is 0. The van der Waals surface area contributed by atoms with Crippen LogP contribution in [0.5, 0.6) is 0 Å². The van der Waals surface area contributed by atoms with Crippen molar-refractivity contribution in [3.63, 3.8) is 0 Å². The van der Waals surface area contributed by atoms with Gasteiger partial charge in [0.25, 0.3) is 11.6 Å². The van der Waals surface area contributed by atoms with Gasteiger partial charge < -0.3 is 9.80 Å². The highest BCUT2D eigenvalue weighted by Gasteiger charge is 2.28. The molecule has 1 fully saturated rings. The van der Waals surface area contributed by atoms with Gasteiger partial charge in [0.15, 0.2) is 0 Å². The van der Waals surface area contributed by atoms with E-state index in [0.717, 1.165) is 16.8 Å². The zero-order valence-electron chi connectivity index (χ0n) is 17.4. The number of fused-ring (bicyclic) bond motifs is 1. The van der Waals surface area contributed by atoms with Crippen molar-refractivity contribution in [2.45, 2.75) is 4.90 Å². The number of amides is 1. The van der Waals surface area contributed by atoms with Crippen LogP contribution in [0.25, 0.3) is 10.8 Å². The first-order valence-corrected chi connectivity index (χ1v) is 11.5. The van der Waals surface area contributed by atoms with E-state index in [4.69, 9.17) is 0 Å². The van der Waals surface area contributed by atoms with Crippen LogP contribution >= 0.6 is 0 Å². The van der Waals surface area contributed by atoms with Crippen LogP contribution in [0, 0.1) is 10.1 Å². The van der Waals surface area contributed by atoms with Crippen molar-refractivity contribution in [2.24, 2.45) is 0 Å². The van der Waals surface area contributed by atoms with Gasteiger partial charge in [-0.25, -0.2) is 13.1 Å². The minimum atomic E-state index is -3.79. The van der Waals surface area contributed by atoms with Crippen molar-refractivity contribution in [1.29, 1.82) is 0 Å². The maximum atomic E-state index is 13.0. The smallest absolute Gasteiger partial charge is 0.293 e. The average molecular weight is 455 g/mol. The van der Waals surface area contributed by atoms with E-state index in [1.54, 1.807) is 9.80 Å². The molecule has 0 bridgehead atoms. The Labute approximate surface area is 185 Å². The lowest BCUT2D eigenvalue weighted by molar-refractivity contribution is -0.384. The summed E-state index contributed by atoms with van der Waals surface area (Å²) in [5.74, 6) is -0.0830. The maximum absolute atomic E-state index is 13.0. The van der Waals surface area contributed by atoms with E-state index in [1.165, 1.54) is 19.2 Å². The third kappa shape index (κ3) is 4.14. The first kappa shape index (κ1) is 21.7.